The Balaban J connectivity index is 1.51. The molecule has 13 heteroatoms. The molecule has 6 rings (SSSR count). The van der Waals surface area contributed by atoms with Crippen molar-refractivity contribution in [2.45, 2.75) is 116 Å². The average Bonchev–Trinajstić information content (AvgIpc) is 3.91. The van der Waals surface area contributed by atoms with Crippen LogP contribution < -0.4 is 5.32 Å². The summed E-state index contributed by atoms with van der Waals surface area (Å²) in [5.41, 5.74) is -0.743. The molecule has 2 saturated carbocycles. The Morgan fingerprint density at radius 1 is 0.909 bits per heavy atom. The topological polar surface area (TPSA) is 169 Å². The van der Waals surface area contributed by atoms with Gasteiger partial charge in [-0.1, -0.05) is 51.1 Å². The van der Waals surface area contributed by atoms with E-state index in [4.69, 9.17) is 28.4 Å². The van der Waals surface area contributed by atoms with Crippen molar-refractivity contribution in [2.75, 3.05) is 13.7 Å². The Hall–Kier alpha value is -4.62. The van der Waals surface area contributed by atoms with Crippen LogP contribution in [-0.4, -0.2) is 84.6 Å². The number of fused-ring (bicyclic) bond motifs is 4. The van der Waals surface area contributed by atoms with Crippen molar-refractivity contribution in [1.29, 1.82) is 0 Å². The minimum absolute atomic E-state index is 0.0510. The third-order valence-electron chi connectivity index (χ3n) is 12.4. The standard InChI is InChI=1S/C42H52N2O11/c1-23-31(51-24(2)45)19-29-35(52-25(3)46)37-41(7,17-16-32(42(37)22-50-42)54-33(48)20-30(43-8)27-13-10-9-11-14-27)38(55-39(49)28-15-12-18-44-21-28)36(53-26(4)47)34(23)40(29,5)6/h9-15,18,21,29-32,35-38,43H,16-17,19-20,22H2,1-8H3. The molecule has 2 aromatic rings. The van der Waals surface area contributed by atoms with Crippen molar-refractivity contribution in [2.24, 2.45) is 22.7 Å². The second kappa shape index (κ2) is 15.5. The second-order valence-corrected chi connectivity index (χ2v) is 16.1. The normalized spacial score (nSPS) is 32.5. The number of carbonyl (C=O) groups is 5. The lowest BCUT2D eigenvalue weighted by molar-refractivity contribution is -0.223. The van der Waals surface area contributed by atoms with Gasteiger partial charge in [-0.3, -0.25) is 24.2 Å². The third-order valence-corrected chi connectivity index (χ3v) is 12.4. The van der Waals surface area contributed by atoms with E-state index in [1.807, 2.05) is 58.0 Å². The first-order valence-electron chi connectivity index (χ1n) is 18.9. The highest BCUT2D eigenvalue weighted by Gasteiger charge is 2.75. The van der Waals surface area contributed by atoms with Gasteiger partial charge in [0.25, 0.3) is 0 Å². The van der Waals surface area contributed by atoms with E-state index >= 15 is 0 Å². The fraction of sp³-hybridized carbons (Fsp3) is 0.571. The number of rotatable bonds is 10. The number of hydrogen-bond acceptors (Lipinski definition) is 13. The number of benzene rings is 1. The van der Waals surface area contributed by atoms with Crippen molar-refractivity contribution in [3.63, 3.8) is 0 Å². The fourth-order valence-electron chi connectivity index (χ4n) is 9.92. The van der Waals surface area contributed by atoms with Gasteiger partial charge in [0.05, 0.1) is 18.6 Å². The molecule has 55 heavy (non-hydrogen) atoms. The van der Waals surface area contributed by atoms with Gasteiger partial charge in [-0.15, -0.1) is 0 Å². The largest absolute Gasteiger partial charge is 0.462 e. The first-order chi connectivity index (χ1) is 26.0. The van der Waals surface area contributed by atoms with Crippen LogP contribution in [0.15, 0.2) is 66.0 Å². The highest BCUT2D eigenvalue weighted by molar-refractivity contribution is 5.89. The van der Waals surface area contributed by atoms with Gasteiger partial charge in [-0.2, -0.15) is 0 Å². The third kappa shape index (κ3) is 7.65. The molecule has 2 bridgehead atoms. The lowest BCUT2D eigenvalue weighted by atomic mass is 9.48. The number of ether oxygens (including phenoxy) is 6. The number of aromatic nitrogens is 1. The number of hydrogen-bond donors (Lipinski definition) is 1. The SMILES string of the molecule is CNC(CC(=O)OC1CCC2(C)C(OC(=O)c3cccnc3)C(OC(C)=O)C3=C(C)C(OC(C)=O)CC(C(OC(C)=O)C2C12CO2)C3(C)C)c1ccccc1. The summed E-state index contributed by atoms with van der Waals surface area (Å²) in [6, 6.07) is 12.5. The van der Waals surface area contributed by atoms with Gasteiger partial charge in [0.15, 0.2) is 6.10 Å². The molecule has 4 aliphatic rings. The molecule has 13 nitrogen and oxygen atoms in total. The summed E-state index contributed by atoms with van der Waals surface area (Å²) in [6.07, 6.45) is -0.854. The van der Waals surface area contributed by atoms with Gasteiger partial charge in [-0.05, 0) is 67.5 Å². The number of nitrogens with one attached hydrogen (secondary N) is 1. The average molecular weight is 761 g/mol. The van der Waals surface area contributed by atoms with Crippen molar-refractivity contribution in [3.8, 4) is 0 Å². The summed E-state index contributed by atoms with van der Waals surface area (Å²) in [6.45, 7) is 11.8. The van der Waals surface area contributed by atoms with Crippen molar-refractivity contribution in [3.05, 3.63) is 77.1 Å². The smallest absolute Gasteiger partial charge is 0.340 e. The van der Waals surface area contributed by atoms with Gasteiger partial charge in [0, 0.05) is 56.5 Å². The van der Waals surface area contributed by atoms with Gasteiger partial charge in [0.1, 0.15) is 30.0 Å². The summed E-state index contributed by atoms with van der Waals surface area (Å²) in [5, 5.41) is 3.21. The Bertz CT molecular complexity index is 1820. The van der Waals surface area contributed by atoms with Crippen molar-refractivity contribution >= 4 is 29.8 Å². The second-order valence-electron chi connectivity index (χ2n) is 16.1. The molecule has 1 saturated heterocycles. The van der Waals surface area contributed by atoms with Crippen LogP contribution in [0.1, 0.15) is 96.1 Å². The van der Waals surface area contributed by atoms with E-state index in [-0.39, 0.29) is 31.1 Å². The van der Waals surface area contributed by atoms with E-state index in [0.717, 1.165) is 5.56 Å². The molecular formula is C42H52N2O11. The zero-order valence-electron chi connectivity index (χ0n) is 32.8. The van der Waals surface area contributed by atoms with Crippen molar-refractivity contribution < 1.29 is 52.4 Å². The van der Waals surface area contributed by atoms with E-state index in [0.29, 0.717) is 24.0 Å². The van der Waals surface area contributed by atoms with Crippen LogP contribution in [0.3, 0.4) is 0 Å². The van der Waals surface area contributed by atoms with E-state index < -0.39 is 88.6 Å². The first kappa shape index (κ1) is 40.1. The Morgan fingerprint density at radius 3 is 2.16 bits per heavy atom. The van der Waals surface area contributed by atoms with Gasteiger partial charge >= 0.3 is 29.8 Å². The molecule has 0 radical (unpaired) electrons. The summed E-state index contributed by atoms with van der Waals surface area (Å²) in [7, 11) is 1.78. The number of carbonyl (C=O) groups excluding carboxylic acids is 5. The lowest BCUT2D eigenvalue weighted by Crippen LogP contribution is -2.68. The number of epoxide rings is 1. The predicted octanol–water partition coefficient (Wildman–Crippen LogP) is 5.23. The molecule has 0 amide bonds. The molecule has 1 aliphatic heterocycles. The summed E-state index contributed by atoms with van der Waals surface area (Å²) >= 11 is 0. The number of nitrogens with zero attached hydrogens (tertiary/aromatic N) is 1. The van der Waals surface area contributed by atoms with Crippen molar-refractivity contribution in [1.82, 2.24) is 10.3 Å². The quantitative estimate of drug-likeness (QED) is 0.145. The molecule has 1 aromatic carbocycles. The molecule has 10 unspecified atom stereocenters. The van der Waals surface area contributed by atoms with Crippen LogP contribution in [0.25, 0.3) is 0 Å². The molecule has 2 heterocycles. The minimum Gasteiger partial charge on any atom is -0.462 e. The summed E-state index contributed by atoms with van der Waals surface area (Å²) < 4.78 is 37.9. The molecule has 1 spiro atoms. The zero-order chi connectivity index (χ0) is 39.9. The fourth-order valence-corrected chi connectivity index (χ4v) is 9.92. The zero-order valence-corrected chi connectivity index (χ0v) is 32.8. The van der Waals surface area contributed by atoms with E-state index in [1.165, 1.54) is 27.0 Å². The van der Waals surface area contributed by atoms with Gasteiger partial charge in [0.2, 0.25) is 0 Å². The Kier molecular flexibility index (Phi) is 11.3. The van der Waals surface area contributed by atoms with Crippen LogP contribution in [0.4, 0.5) is 0 Å². The maximum atomic E-state index is 14.1. The molecule has 10 atom stereocenters. The van der Waals surface area contributed by atoms with Gasteiger partial charge in [-0.25, -0.2) is 4.79 Å². The first-order valence-corrected chi connectivity index (χ1v) is 18.9. The van der Waals surface area contributed by atoms with Crippen LogP contribution in [0.5, 0.6) is 0 Å². The van der Waals surface area contributed by atoms with Crippen LogP contribution in [0.2, 0.25) is 0 Å². The maximum Gasteiger partial charge on any atom is 0.340 e. The van der Waals surface area contributed by atoms with Crippen LogP contribution in [0, 0.1) is 22.7 Å². The van der Waals surface area contributed by atoms with Crippen LogP contribution in [-0.2, 0) is 47.6 Å². The minimum atomic E-state index is -1.17. The van der Waals surface area contributed by atoms with Crippen LogP contribution >= 0.6 is 0 Å². The molecule has 3 aliphatic carbocycles. The monoisotopic (exact) mass is 760 g/mol. The molecule has 296 valence electrons. The Morgan fingerprint density at radius 2 is 1.58 bits per heavy atom. The molecule has 1 N–H and O–H groups in total. The number of esters is 5. The van der Waals surface area contributed by atoms with E-state index in [1.54, 1.807) is 25.4 Å². The molecular weight excluding hydrogens is 708 g/mol. The number of pyridine rings is 1. The van der Waals surface area contributed by atoms with E-state index in [2.05, 4.69) is 10.3 Å². The summed E-state index contributed by atoms with van der Waals surface area (Å²) in [4.78, 5) is 70.9. The molecule has 1 aromatic heterocycles. The molecule has 3 fully saturated rings. The lowest BCUT2D eigenvalue weighted by Gasteiger charge is -2.61. The van der Waals surface area contributed by atoms with Gasteiger partial charge < -0.3 is 33.7 Å². The summed E-state index contributed by atoms with van der Waals surface area (Å²) in [5.74, 6) is -4.07. The predicted molar refractivity (Wildman–Crippen MR) is 197 cm³/mol. The highest BCUT2D eigenvalue weighted by atomic mass is 16.6. The van der Waals surface area contributed by atoms with E-state index in [9.17, 15) is 24.0 Å². The maximum absolute atomic E-state index is 14.1. The highest BCUT2D eigenvalue weighted by Crippen LogP contribution is 2.65. The Labute approximate surface area is 321 Å².